The van der Waals surface area contributed by atoms with Gasteiger partial charge in [0, 0.05) is 18.4 Å². The quantitative estimate of drug-likeness (QED) is 0.647. The van der Waals surface area contributed by atoms with Crippen molar-refractivity contribution in [3.63, 3.8) is 0 Å². The maximum absolute atomic E-state index is 15.4. The molecular formula is C25H37FN2O3S. The van der Waals surface area contributed by atoms with Crippen LogP contribution in [0.4, 0.5) is 4.39 Å². The van der Waals surface area contributed by atoms with Crippen LogP contribution >= 0.6 is 0 Å². The van der Waals surface area contributed by atoms with Gasteiger partial charge in [-0.15, -0.1) is 0 Å². The largest absolute Gasteiger partial charge is 0.297 e. The van der Waals surface area contributed by atoms with Gasteiger partial charge in [-0.1, -0.05) is 20.3 Å². The topological polar surface area (TPSA) is 69.0 Å². The molecule has 1 heterocycles. The molecule has 0 amide bonds. The molecule has 1 aromatic rings. The molecule has 4 aliphatic rings. The third-order valence-electron chi connectivity index (χ3n) is 9.97. The molecule has 4 aliphatic carbocycles. The highest BCUT2D eigenvalue weighted by Gasteiger charge is 2.59. The van der Waals surface area contributed by atoms with Gasteiger partial charge in [0.1, 0.15) is 11.1 Å². The summed E-state index contributed by atoms with van der Waals surface area (Å²) in [5.74, 6) is 3.03. The SMILES string of the molecule is CC1CCC2C(C1)C(F)CC1C2CCC2(C)C(C(=O)Cn3cc(S(C)(=O)=O)cn3)CCC12. The summed E-state index contributed by atoms with van der Waals surface area (Å²) in [5.41, 5.74) is -0.0699. The predicted octanol–water partition coefficient (Wildman–Crippen LogP) is 4.71. The Balaban J connectivity index is 1.32. The first-order valence-electron chi connectivity index (χ1n) is 12.5. The average molecular weight is 465 g/mol. The molecule has 5 rings (SSSR count). The van der Waals surface area contributed by atoms with E-state index >= 15 is 4.39 Å². The van der Waals surface area contributed by atoms with Gasteiger partial charge in [0.25, 0.3) is 0 Å². The fourth-order valence-electron chi connectivity index (χ4n) is 8.44. The van der Waals surface area contributed by atoms with E-state index in [-0.39, 0.29) is 34.5 Å². The molecule has 4 saturated carbocycles. The smallest absolute Gasteiger partial charge is 0.178 e. The van der Waals surface area contributed by atoms with Gasteiger partial charge in [-0.3, -0.25) is 9.48 Å². The van der Waals surface area contributed by atoms with Crippen LogP contribution in [0.25, 0.3) is 0 Å². The molecule has 9 unspecified atom stereocenters. The number of aromatic nitrogens is 2. The monoisotopic (exact) mass is 464 g/mol. The van der Waals surface area contributed by atoms with Crippen molar-refractivity contribution in [1.82, 2.24) is 9.78 Å². The molecule has 1 aromatic heterocycles. The molecule has 0 aromatic carbocycles. The second-order valence-electron chi connectivity index (χ2n) is 11.7. The van der Waals surface area contributed by atoms with Crippen LogP contribution in [0.15, 0.2) is 17.3 Å². The van der Waals surface area contributed by atoms with Gasteiger partial charge in [-0.25, -0.2) is 12.8 Å². The third-order valence-corrected chi connectivity index (χ3v) is 11.0. The van der Waals surface area contributed by atoms with Crippen molar-refractivity contribution in [3.05, 3.63) is 12.4 Å². The van der Waals surface area contributed by atoms with Crippen LogP contribution in [0.3, 0.4) is 0 Å². The number of sulfone groups is 1. The fourth-order valence-corrected chi connectivity index (χ4v) is 8.99. The zero-order valence-corrected chi connectivity index (χ0v) is 20.4. The van der Waals surface area contributed by atoms with Crippen molar-refractivity contribution in [2.45, 2.75) is 82.8 Å². The predicted molar refractivity (Wildman–Crippen MR) is 120 cm³/mol. The second kappa shape index (κ2) is 7.92. The summed E-state index contributed by atoms with van der Waals surface area (Å²) in [7, 11) is -3.33. The van der Waals surface area contributed by atoms with Gasteiger partial charge in [0.15, 0.2) is 15.6 Å². The molecule has 178 valence electrons. The Bertz CT molecular complexity index is 991. The Morgan fingerprint density at radius 2 is 1.88 bits per heavy atom. The van der Waals surface area contributed by atoms with Gasteiger partial charge in [0.05, 0.1) is 12.7 Å². The minimum atomic E-state index is -3.33. The number of nitrogens with zero attached hydrogens (tertiary/aromatic N) is 2. The highest BCUT2D eigenvalue weighted by atomic mass is 32.2. The lowest BCUT2D eigenvalue weighted by Crippen LogP contribution is -2.52. The third kappa shape index (κ3) is 3.67. The second-order valence-corrected chi connectivity index (χ2v) is 13.7. The minimum Gasteiger partial charge on any atom is -0.297 e. The Morgan fingerprint density at radius 1 is 1.12 bits per heavy atom. The van der Waals surface area contributed by atoms with Crippen LogP contribution in [0.2, 0.25) is 0 Å². The van der Waals surface area contributed by atoms with Crippen molar-refractivity contribution in [2.24, 2.45) is 46.8 Å². The fraction of sp³-hybridized carbons (Fsp3) is 0.840. The first-order valence-corrected chi connectivity index (χ1v) is 14.4. The van der Waals surface area contributed by atoms with Crippen molar-refractivity contribution in [2.75, 3.05) is 6.26 Å². The van der Waals surface area contributed by atoms with Crippen LogP contribution in [-0.2, 0) is 21.2 Å². The molecule has 0 aliphatic heterocycles. The Kier molecular flexibility index (Phi) is 5.58. The summed E-state index contributed by atoms with van der Waals surface area (Å²) in [4.78, 5) is 13.5. The number of fused-ring (bicyclic) bond motifs is 5. The first-order chi connectivity index (χ1) is 15.1. The van der Waals surface area contributed by atoms with E-state index in [4.69, 9.17) is 0 Å². The Hall–Kier alpha value is -1.24. The van der Waals surface area contributed by atoms with E-state index in [1.165, 1.54) is 29.9 Å². The number of alkyl halides is 1. The van der Waals surface area contributed by atoms with E-state index < -0.39 is 16.0 Å². The molecule has 5 nitrogen and oxygen atoms in total. The van der Waals surface area contributed by atoms with Gasteiger partial charge in [-0.05, 0) is 85.9 Å². The maximum atomic E-state index is 15.4. The lowest BCUT2D eigenvalue weighted by molar-refractivity contribution is -0.133. The van der Waals surface area contributed by atoms with E-state index in [0.717, 1.165) is 38.4 Å². The zero-order chi connectivity index (χ0) is 22.8. The molecule has 32 heavy (non-hydrogen) atoms. The molecule has 0 N–H and O–H groups in total. The van der Waals surface area contributed by atoms with Gasteiger partial charge in [0.2, 0.25) is 0 Å². The van der Waals surface area contributed by atoms with Crippen LogP contribution < -0.4 is 0 Å². The zero-order valence-electron chi connectivity index (χ0n) is 19.5. The number of Topliss-reactive ketones (excluding diaryl/α,β-unsaturated/α-hetero) is 1. The highest BCUT2D eigenvalue weighted by molar-refractivity contribution is 7.90. The molecule has 4 fully saturated rings. The van der Waals surface area contributed by atoms with Crippen LogP contribution in [-0.4, -0.2) is 36.4 Å². The van der Waals surface area contributed by atoms with Gasteiger partial charge >= 0.3 is 0 Å². The number of carbonyl (C=O) groups is 1. The maximum Gasteiger partial charge on any atom is 0.178 e. The van der Waals surface area contributed by atoms with Gasteiger partial charge in [-0.2, -0.15) is 5.10 Å². The lowest BCUT2D eigenvalue weighted by Gasteiger charge is -2.56. The molecule has 7 heteroatoms. The molecule has 0 saturated heterocycles. The molecule has 0 radical (unpaired) electrons. The van der Waals surface area contributed by atoms with E-state index in [2.05, 4.69) is 18.9 Å². The van der Waals surface area contributed by atoms with Crippen LogP contribution in [0, 0.1) is 46.8 Å². The number of hydrogen-bond donors (Lipinski definition) is 0. The van der Waals surface area contributed by atoms with E-state index in [1.807, 2.05) is 0 Å². The normalized spacial score (nSPS) is 43.9. The number of ketones is 1. The van der Waals surface area contributed by atoms with Gasteiger partial charge < -0.3 is 0 Å². The summed E-state index contributed by atoms with van der Waals surface area (Å²) in [6.45, 7) is 4.67. The number of hydrogen-bond acceptors (Lipinski definition) is 4. The first kappa shape index (κ1) is 22.5. The van der Waals surface area contributed by atoms with Crippen molar-refractivity contribution in [3.8, 4) is 0 Å². The Labute approximate surface area is 191 Å². The van der Waals surface area contributed by atoms with E-state index in [9.17, 15) is 13.2 Å². The Morgan fingerprint density at radius 3 is 2.59 bits per heavy atom. The van der Waals surface area contributed by atoms with Crippen molar-refractivity contribution in [1.29, 1.82) is 0 Å². The van der Waals surface area contributed by atoms with Crippen molar-refractivity contribution >= 4 is 15.6 Å². The van der Waals surface area contributed by atoms with Crippen molar-refractivity contribution < 1.29 is 17.6 Å². The number of carbonyl (C=O) groups excluding carboxylic acids is 1. The number of halogens is 1. The van der Waals surface area contributed by atoms with Crippen LogP contribution in [0.1, 0.15) is 65.2 Å². The minimum absolute atomic E-state index is 0.0403. The summed E-state index contributed by atoms with van der Waals surface area (Å²) in [6, 6.07) is 0. The number of rotatable bonds is 4. The molecule has 0 bridgehead atoms. The van der Waals surface area contributed by atoms with E-state index in [1.54, 1.807) is 0 Å². The molecular weight excluding hydrogens is 427 g/mol. The lowest BCUT2D eigenvalue weighted by atomic mass is 9.49. The summed E-state index contributed by atoms with van der Waals surface area (Å²) in [5, 5.41) is 4.11. The molecule has 0 spiro atoms. The summed E-state index contributed by atoms with van der Waals surface area (Å²) >= 11 is 0. The average Bonchev–Trinajstić information content (AvgIpc) is 3.32. The summed E-state index contributed by atoms with van der Waals surface area (Å²) in [6.07, 6.45) is 11.5. The van der Waals surface area contributed by atoms with E-state index in [0.29, 0.717) is 36.0 Å². The summed E-state index contributed by atoms with van der Waals surface area (Å²) < 4.78 is 40.3. The highest BCUT2D eigenvalue weighted by Crippen LogP contribution is 2.64. The van der Waals surface area contributed by atoms with Crippen LogP contribution in [0.5, 0.6) is 0 Å². The molecule has 9 atom stereocenters. The standard InChI is InChI=1S/C25H37FN2O3S/c1-15-4-5-17-18-8-9-25(2)21(19(18)11-23(26)20(17)10-15)6-7-22(25)24(29)14-28-13-16(12-27-28)32(3,30)31/h12-13,15,17-23H,4-11,14H2,1-3H3.